The van der Waals surface area contributed by atoms with Crippen molar-refractivity contribution in [2.24, 2.45) is 5.92 Å². The van der Waals surface area contributed by atoms with E-state index < -0.39 is 5.97 Å². The molecule has 1 unspecified atom stereocenters. The van der Waals surface area contributed by atoms with Crippen molar-refractivity contribution in [3.05, 3.63) is 24.8 Å². The Bertz CT molecular complexity index is 159. The van der Waals surface area contributed by atoms with Gasteiger partial charge in [0.25, 0.3) is 0 Å². The Morgan fingerprint density at radius 2 is 2.27 bits per heavy atom. The predicted molar refractivity (Wildman–Crippen MR) is 45.4 cm³/mol. The summed E-state index contributed by atoms with van der Waals surface area (Å²) in [6, 6.07) is 0. The van der Waals surface area contributed by atoms with Crippen LogP contribution in [0.1, 0.15) is 19.8 Å². The van der Waals surface area contributed by atoms with E-state index in [9.17, 15) is 4.79 Å². The highest BCUT2D eigenvalue weighted by Crippen LogP contribution is 2.09. The van der Waals surface area contributed by atoms with Crippen molar-refractivity contribution in [2.75, 3.05) is 0 Å². The molecule has 0 fully saturated rings. The standard InChI is InChI=1S/C9H14O2/c1-3-5-7-8(6-4-2)9(10)11/h3-5,8H,2,6-7H2,1H3,(H,10,11)/b5-3+. The Hall–Kier alpha value is -1.05. The van der Waals surface area contributed by atoms with Crippen LogP contribution in [0.25, 0.3) is 0 Å². The van der Waals surface area contributed by atoms with Gasteiger partial charge in [0.2, 0.25) is 0 Å². The Morgan fingerprint density at radius 1 is 1.64 bits per heavy atom. The maximum atomic E-state index is 10.5. The van der Waals surface area contributed by atoms with Crippen molar-refractivity contribution >= 4 is 5.97 Å². The van der Waals surface area contributed by atoms with Gasteiger partial charge in [0.05, 0.1) is 5.92 Å². The lowest BCUT2D eigenvalue weighted by molar-refractivity contribution is -0.141. The Kier molecular flexibility index (Phi) is 5.17. The van der Waals surface area contributed by atoms with Crippen LogP contribution in [-0.4, -0.2) is 11.1 Å². The average Bonchev–Trinajstić information content (AvgIpc) is 1.97. The first kappa shape index (κ1) is 9.95. The molecule has 0 heterocycles. The smallest absolute Gasteiger partial charge is 0.307 e. The summed E-state index contributed by atoms with van der Waals surface area (Å²) in [5, 5.41) is 8.65. The van der Waals surface area contributed by atoms with Crippen molar-refractivity contribution < 1.29 is 9.90 Å². The van der Waals surface area contributed by atoms with Gasteiger partial charge < -0.3 is 5.11 Å². The number of carboxylic acids is 1. The molecule has 2 nitrogen and oxygen atoms in total. The number of carboxylic acid groups (broad SMARTS) is 1. The molecule has 0 radical (unpaired) electrons. The minimum Gasteiger partial charge on any atom is -0.481 e. The summed E-state index contributed by atoms with van der Waals surface area (Å²) >= 11 is 0. The van der Waals surface area contributed by atoms with E-state index in [1.54, 1.807) is 6.08 Å². The van der Waals surface area contributed by atoms with Gasteiger partial charge in [-0.25, -0.2) is 0 Å². The van der Waals surface area contributed by atoms with E-state index in [4.69, 9.17) is 5.11 Å². The molecule has 0 aliphatic rings. The van der Waals surface area contributed by atoms with Crippen molar-refractivity contribution in [2.45, 2.75) is 19.8 Å². The van der Waals surface area contributed by atoms with Gasteiger partial charge in [-0.05, 0) is 19.8 Å². The monoisotopic (exact) mass is 154 g/mol. The SMILES string of the molecule is C=CCC(C/C=C/C)C(=O)O. The zero-order valence-corrected chi connectivity index (χ0v) is 6.79. The Morgan fingerprint density at radius 3 is 2.64 bits per heavy atom. The third-order valence-corrected chi connectivity index (χ3v) is 1.46. The molecule has 0 bridgehead atoms. The summed E-state index contributed by atoms with van der Waals surface area (Å²) in [4.78, 5) is 10.5. The second-order valence-corrected chi connectivity index (χ2v) is 2.36. The number of allylic oxidation sites excluding steroid dienone is 3. The fourth-order valence-corrected chi connectivity index (χ4v) is 0.799. The molecular formula is C9H14O2. The molecule has 0 amide bonds. The van der Waals surface area contributed by atoms with Crippen LogP contribution in [0, 0.1) is 5.92 Å². The van der Waals surface area contributed by atoms with E-state index >= 15 is 0 Å². The van der Waals surface area contributed by atoms with E-state index in [0.717, 1.165) is 0 Å². The van der Waals surface area contributed by atoms with E-state index in [1.165, 1.54) is 0 Å². The van der Waals surface area contributed by atoms with Crippen LogP contribution in [0.2, 0.25) is 0 Å². The summed E-state index contributed by atoms with van der Waals surface area (Å²) in [5.74, 6) is -1.05. The molecule has 0 aromatic rings. The number of rotatable bonds is 5. The summed E-state index contributed by atoms with van der Waals surface area (Å²) < 4.78 is 0. The highest BCUT2D eigenvalue weighted by Gasteiger charge is 2.12. The lowest BCUT2D eigenvalue weighted by Gasteiger charge is -2.04. The van der Waals surface area contributed by atoms with Gasteiger partial charge in [0.1, 0.15) is 0 Å². The zero-order valence-electron chi connectivity index (χ0n) is 6.79. The predicted octanol–water partition coefficient (Wildman–Crippen LogP) is 2.23. The third kappa shape index (κ3) is 4.37. The first-order chi connectivity index (χ1) is 5.22. The molecule has 0 aliphatic carbocycles. The molecule has 2 heteroatoms. The molecule has 1 N–H and O–H groups in total. The van der Waals surface area contributed by atoms with Gasteiger partial charge >= 0.3 is 5.97 Å². The molecule has 0 saturated heterocycles. The highest BCUT2D eigenvalue weighted by atomic mass is 16.4. The molecule has 0 aromatic carbocycles. The fraction of sp³-hybridized carbons (Fsp3) is 0.444. The molecule has 0 aliphatic heterocycles. The molecular weight excluding hydrogens is 140 g/mol. The van der Waals surface area contributed by atoms with Crippen molar-refractivity contribution in [1.82, 2.24) is 0 Å². The molecule has 0 saturated carbocycles. The number of carbonyl (C=O) groups is 1. The van der Waals surface area contributed by atoms with E-state index in [-0.39, 0.29) is 5.92 Å². The van der Waals surface area contributed by atoms with Crippen LogP contribution in [-0.2, 0) is 4.79 Å². The van der Waals surface area contributed by atoms with Crippen LogP contribution in [0.15, 0.2) is 24.8 Å². The molecule has 62 valence electrons. The van der Waals surface area contributed by atoms with E-state index in [0.29, 0.717) is 12.8 Å². The van der Waals surface area contributed by atoms with Crippen molar-refractivity contribution in [1.29, 1.82) is 0 Å². The largest absolute Gasteiger partial charge is 0.481 e. The first-order valence-corrected chi connectivity index (χ1v) is 3.67. The van der Waals surface area contributed by atoms with Gasteiger partial charge in [-0.3, -0.25) is 4.79 Å². The van der Waals surface area contributed by atoms with Crippen LogP contribution in [0.3, 0.4) is 0 Å². The number of aliphatic carboxylic acids is 1. The number of hydrogen-bond acceptors (Lipinski definition) is 1. The van der Waals surface area contributed by atoms with Crippen molar-refractivity contribution in [3.63, 3.8) is 0 Å². The molecule has 0 aromatic heterocycles. The summed E-state index contributed by atoms with van der Waals surface area (Å²) in [5.41, 5.74) is 0. The first-order valence-electron chi connectivity index (χ1n) is 3.67. The van der Waals surface area contributed by atoms with Gasteiger partial charge in [-0.2, -0.15) is 0 Å². The molecule has 0 spiro atoms. The lowest BCUT2D eigenvalue weighted by atomic mass is 10.0. The third-order valence-electron chi connectivity index (χ3n) is 1.46. The molecule has 0 rings (SSSR count). The van der Waals surface area contributed by atoms with Crippen LogP contribution in [0.4, 0.5) is 0 Å². The van der Waals surface area contributed by atoms with Gasteiger partial charge in [-0.1, -0.05) is 18.2 Å². The minimum absolute atomic E-state index is 0.302. The topological polar surface area (TPSA) is 37.3 Å². The van der Waals surface area contributed by atoms with Crippen LogP contribution in [0.5, 0.6) is 0 Å². The summed E-state index contributed by atoms with van der Waals surface area (Å²) in [7, 11) is 0. The highest BCUT2D eigenvalue weighted by molar-refractivity contribution is 5.70. The average molecular weight is 154 g/mol. The quantitative estimate of drug-likeness (QED) is 0.616. The van der Waals surface area contributed by atoms with E-state index in [1.807, 2.05) is 19.1 Å². The Balaban J connectivity index is 3.88. The van der Waals surface area contributed by atoms with E-state index in [2.05, 4.69) is 6.58 Å². The maximum absolute atomic E-state index is 10.5. The van der Waals surface area contributed by atoms with Gasteiger partial charge in [-0.15, -0.1) is 6.58 Å². The van der Waals surface area contributed by atoms with Crippen LogP contribution < -0.4 is 0 Å². The fourth-order valence-electron chi connectivity index (χ4n) is 0.799. The number of hydrogen-bond donors (Lipinski definition) is 1. The lowest BCUT2D eigenvalue weighted by Crippen LogP contribution is -2.11. The second kappa shape index (κ2) is 5.71. The van der Waals surface area contributed by atoms with Gasteiger partial charge in [0, 0.05) is 0 Å². The van der Waals surface area contributed by atoms with Crippen LogP contribution >= 0.6 is 0 Å². The normalized spacial score (nSPS) is 13.2. The zero-order chi connectivity index (χ0) is 8.69. The van der Waals surface area contributed by atoms with Gasteiger partial charge in [0.15, 0.2) is 0 Å². The molecule has 11 heavy (non-hydrogen) atoms. The minimum atomic E-state index is -0.747. The van der Waals surface area contributed by atoms with Crippen molar-refractivity contribution in [3.8, 4) is 0 Å². The maximum Gasteiger partial charge on any atom is 0.307 e. The summed E-state index contributed by atoms with van der Waals surface area (Å²) in [6.07, 6.45) is 6.50. The molecule has 1 atom stereocenters. The Labute approximate surface area is 67.2 Å². The second-order valence-electron chi connectivity index (χ2n) is 2.36. The summed E-state index contributed by atoms with van der Waals surface area (Å²) in [6.45, 7) is 5.39.